The molecule has 4 nitrogen and oxygen atoms in total. The summed E-state index contributed by atoms with van der Waals surface area (Å²) < 4.78 is 2.30. The van der Waals surface area contributed by atoms with Crippen LogP contribution in [0.2, 0.25) is 0 Å². The van der Waals surface area contributed by atoms with Gasteiger partial charge in [0.1, 0.15) is 5.82 Å². The van der Waals surface area contributed by atoms with Crippen LogP contribution < -0.4 is 5.32 Å². The van der Waals surface area contributed by atoms with Crippen LogP contribution in [0.4, 0.5) is 0 Å². The van der Waals surface area contributed by atoms with E-state index in [9.17, 15) is 4.79 Å². The summed E-state index contributed by atoms with van der Waals surface area (Å²) in [6, 6.07) is 18.3. The minimum absolute atomic E-state index is 0.0721. The fourth-order valence-corrected chi connectivity index (χ4v) is 3.81. The van der Waals surface area contributed by atoms with Crippen molar-refractivity contribution in [3.8, 4) is 0 Å². The molecule has 1 N–H and O–H groups in total. The number of hydrogen-bond donors (Lipinski definition) is 1. The van der Waals surface area contributed by atoms with Crippen LogP contribution in [0.5, 0.6) is 0 Å². The Labute approximate surface area is 174 Å². The number of carbonyl (C=O) groups is 1. The Balaban J connectivity index is 1.65. The number of rotatable bonds is 11. The van der Waals surface area contributed by atoms with Gasteiger partial charge in [-0.05, 0) is 37.5 Å². The lowest BCUT2D eigenvalue weighted by atomic mass is 10.1. The third kappa shape index (κ3) is 5.93. The maximum atomic E-state index is 12.5. The lowest BCUT2D eigenvalue weighted by Gasteiger charge is -2.16. The van der Waals surface area contributed by atoms with E-state index in [1.54, 1.807) is 0 Å². The molecule has 0 saturated heterocycles. The lowest BCUT2D eigenvalue weighted by molar-refractivity contribution is -0.121. The monoisotopic (exact) mass is 391 g/mol. The molecule has 0 saturated carbocycles. The minimum atomic E-state index is -0.110. The van der Waals surface area contributed by atoms with Gasteiger partial charge in [0.15, 0.2) is 0 Å². The summed E-state index contributed by atoms with van der Waals surface area (Å²) in [7, 11) is 0. The van der Waals surface area contributed by atoms with E-state index in [1.165, 1.54) is 31.2 Å². The maximum absolute atomic E-state index is 12.5. The van der Waals surface area contributed by atoms with E-state index >= 15 is 0 Å². The van der Waals surface area contributed by atoms with E-state index in [-0.39, 0.29) is 11.9 Å². The Kier molecular flexibility index (Phi) is 7.85. The second-order valence-corrected chi connectivity index (χ2v) is 7.80. The molecule has 1 unspecified atom stereocenters. The predicted octanol–water partition coefficient (Wildman–Crippen LogP) is 5.82. The molecule has 1 aromatic heterocycles. The summed E-state index contributed by atoms with van der Waals surface area (Å²) >= 11 is 0. The summed E-state index contributed by atoms with van der Waals surface area (Å²) in [5.74, 6) is 1.03. The topological polar surface area (TPSA) is 46.9 Å². The molecular weight excluding hydrogens is 358 g/mol. The van der Waals surface area contributed by atoms with Crippen molar-refractivity contribution < 1.29 is 4.79 Å². The second-order valence-electron chi connectivity index (χ2n) is 7.80. The fraction of sp³-hybridized carbons (Fsp3) is 0.440. The largest absolute Gasteiger partial charge is 0.346 e. The van der Waals surface area contributed by atoms with Crippen LogP contribution in [-0.2, 0) is 17.8 Å². The average Bonchev–Trinajstić information content (AvgIpc) is 3.12. The van der Waals surface area contributed by atoms with Crippen molar-refractivity contribution in [1.82, 2.24) is 14.9 Å². The number of unbranched alkanes of at least 4 members (excludes halogenated alkanes) is 4. The van der Waals surface area contributed by atoms with Gasteiger partial charge in [0.25, 0.3) is 0 Å². The van der Waals surface area contributed by atoms with Crippen LogP contribution in [0.1, 0.15) is 69.8 Å². The Morgan fingerprint density at radius 2 is 1.72 bits per heavy atom. The Hall–Kier alpha value is -2.62. The van der Waals surface area contributed by atoms with Gasteiger partial charge >= 0.3 is 0 Å². The summed E-state index contributed by atoms with van der Waals surface area (Å²) in [5, 5.41) is 3.16. The number of imidazole rings is 1. The summed E-state index contributed by atoms with van der Waals surface area (Å²) in [4.78, 5) is 17.4. The zero-order valence-corrected chi connectivity index (χ0v) is 17.7. The molecular formula is C25H33N3O. The van der Waals surface area contributed by atoms with Crippen LogP contribution in [0.25, 0.3) is 11.0 Å². The first-order valence-electron chi connectivity index (χ1n) is 11.0. The van der Waals surface area contributed by atoms with Gasteiger partial charge in [0, 0.05) is 13.0 Å². The van der Waals surface area contributed by atoms with Crippen molar-refractivity contribution in [2.75, 3.05) is 0 Å². The number of nitrogens with zero attached hydrogens (tertiary/aromatic N) is 2. The van der Waals surface area contributed by atoms with E-state index < -0.39 is 0 Å². The van der Waals surface area contributed by atoms with Crippen LogP contribution in [0, 0.1) is 0 Å². The fourth-order valence-electron chi connectivity index (χ4n) is 3.81. The number of carbonyl (C=O) groups excluding carboxylic acids is 1. The Morgan fingerprint density at radius 3 is 2.52 bits per heavy atom. The number of benzene rings is 2. The normalized spacial score (nSPS) is 12.2. The van der Waals surface area contributed by atoms with Crippen molar-refractivity contribution >= 4 is 16.9 Å². The van der Waals surface area contributed by atoms with E-state index in [0.29, 0.717) is 6.42 Å². The van der Waals surface area contributed by atoms with Gasteiger partial charge in [-0.2, -0.15) is 0 Å². The van der Waals surface area contributed by atoms with Gasteiger partial charge in [-0.25, -0.2) is 4.98 Å². The maximum Gasteiger partial charge on any atom is 0.220 e. The smallest absolute Gasteiger partial charge is 0.220 e. The lowest BCUT2D eigenvalue weighted by Crippen LogP contribution is -2.29. The first-order valence-corrected chi connectivity index (χ1v) is 11.0. The quantitative estimate of drug-likeness (QED) is 0.419. The molecule has 0 spiro atoms. The molecule has 0 radical (unpaired) electrons. The van der Waals surface area contributed by atoms with Crippen LogP contribution >= 0.6 is 0 Å². The number of nitrogens with one attached hydrogen (secondary N) is 1. The third-order valence-corrected chi connectivity index (χ3v) is 5.42. The molecule has 2 aromatic carbocycles. The Bertz CT molecular complexity index is 901. The summed E-state index contributed by atoms with van der Waals surface area (Å²) in [6.45, 7) is 5.22. The van der Waals surface area contributed by atoms with Crippen molar-refractivity contribution in [3.05, 3.63) is 66.0 Å². The predicted molar refractivity (Wildman–Crippen MR) is 120 cm³/mol. The second kappa shape index (κ2) is 10.8. The van der Waals surface area contributed by atoms with Crippen LogP contribution in [0.15, 0.2) is 54.6 Å². The molecule has 0 bridgehead atoms. The average molecular weight is 392 g/mol. The molecule has 3 rings (SSSR count). The standard InChI is InChI=1S/C25H33N3O/c1-3-4-5-6-12-19-28-23-16-11-10-15-22(23)27-25(28)20(2)26-24(29)18-17-21-13-8-7-9-14-21/h7-11,13-16,20H,3-6,12,17-19H2,1-2H3,(H,26,29). The molecule has 1 atom stereocenters. The molecule has 0 aliphatic carbocycles. The highest BCUT2D eigenvalue weighted by Gasteiger charge is 2.18. The molecule has 1 amide bonds. The first kappa shape index (κ1) is 21.1. The summed E-state index contributed by atoms with van der Waals surface area (Å²) in [6.07, 6.45) is 7.46. The molecule has 29 heavy (non-hydrogen) atoms. The van der Waals surface area contributed by atoms with Gasteiger partial charge < -0.3 is 9.88 Å². The molecule has 3 aromatic rings. The highest BCUT2D eigenvalue weighted by atomic mass is 16.1. The van der Waals surface area contributed by atoms with Crippen LogP contribution in [-0.4, -0.2) is 15.5 Å². The highest BCUT2D eigenvalue weighted by molar-refractivity contribution is 5.78. The molecule has 0 aliphatic rings. The molecule has 154 valence electrons. The van der Waals surface area contributed by atoms with E-state index in [0.717, 1.165) is 36.2 Å². The SMILES string of the molecule is CCCCCCCn1c(C(C)NC(=O)CCc2ccccc2)nc2ccccc21. The number of aromatic nitrogens is 2. The summed E-state index contributed by atoms with van der Waals surface area (Å²) in [5.41, 5.74) is 3.35. The third-order valence-electron chi connectivity index (χ3n) is 5.42. The van der Waals surface area contributed by atoms with Gasteiger partial charge in [-0.1, -0.05) is 75.1 Å². The zero-order chi connectivity index (χ0) is 20.5. The number of amides is 1. The molecule has 0 aliphatic heterocycles. The zero-order valence-electron chi connectivity index (χ0n) is 17.7. The van der Waals surface area contributed by atoms with E-state index in [1.807, 2.05) is 31.2 Å². The highest BCUT2D eigenvalue weighted by Crippen LogP contribution is 2.22. The Morgan fingerprint density at radius 1 is 1.00 bits per heavy atom. The van der Waals surface area contributed by atoms with E-state index in [4.69, 9.17) is 4.98 Å². The van der Waals surface area contributed by atoms with Gasteiger partial charge in [0.05, 0.1) is 17.1 Å². The minimum Gasteiger partial charge on any atom is -0.346 e. The van der Waals surface area contributed by atoms with Gasteiger partial charge in [0.2, 0.25) is 5.91 Å². The van der Waals surface area contributed by atoms with Gasteiger partial charge in [-0.15, -0.1) is 0 Å². The van der Waals surface area contributed by atoms with Crippen LogP contribution in [0.3, 0.4) is 0 Å². The molecule has 1 heterocycles. The van der Waals surface area contributed by atoms with Crippen molar-refractivity contribution in [2.45, 2.75) is 71.4 Å². The number of hydrogen-bond acceptors (Lipinski definition) is 2. The number of fused-ring (bicyclic) bond motifs is 1. The van der Waals surface area contributed by atoms with Gasteiger partial charge in [-0.3, -0.25) is 4.79 Å². The van der Waals surface area contributed by atoms with Crippen molar-refractivity contribution in [3.63, 3.8) is 0 Å². The van der Waals surface area contributed by atoms with E-state index in [2.05, 4.69) is 47.1 Å². The van der Waals surface area contributed by atoms with Crippen molar-refractivity contribution in [2.24, 2.45) is 0 Å². The van der Waals surface area contributed by atoms with Crippen molar-refractivity contribution in [1.29, 1.82) is 0 Å². The first-order chi connectivity index (χ1) is 14.2. The molecule has 0 fully saturated rings. The number of para-hydroxylation sites is 2. The molecule has 4 heteroatoms. The number of aryl methyl sites for hydroxylation is 2.